The molecule has 0 spiro atoms. The van der Waals surface area contributed by atoms with Crippen molar-refractivity contribution in [2.45, 2.75) is 44.6 Å². The van der Waals surface area contributed by atoms with Gasteiger partial charge in [0.25, 0.3) is 0 Å². The summed E-state index contributed by atoms with van der Waals surface area (Å²) in [6.07, 6.45) is 8.09. The van der Waals surface area contributed by atoms with Crippen molar-refractivity contribution in [3.8, 4) is 0 Å². The molecule has 4 fully saturated rings. The second kappa shape index (κ2) is 3.74. The Morgan fingerprint density at radius 1 is 1.00 bits per heavy atom. The molecule has 15 heavy (non-hydrogen) atoms. The second-order valence-corrected chi connectivity index (χ2v) is 6.18. The highest BCUT2D eigenvalue weighted by Crippen LogP contribution is 2.57. The number of nitrogens with two attached hydrogens (primary N) is 1. The summed E-state index contributed by atoms with van der Waals surface area (Å²) < 4.78 is 0. The molecule has 86 valence electrons. The van der Waals surface area contributed by atoms with Crippen LogP contribution in [0.2, 0.25) is 0 Å². The Bertz CT molecular complexity index is 213. The lowest BCUT2D eigenvalue weighted by Gasteiger charge is -2.56. The van der Waals surface area contributed by atoms with E-state index in [4.69, 9.17) is 10.8 Å². The van der Waals surface area contributed by atoms with Gasteiger partial charge in [-0.2, -0.15) is 0 Å². The second-order valence-electron chi connectivity index (χ2n) is 6.18. The van der Waals surface area contributed by atoms with Crippen LogP contribution in [0.25, 0.3) is 0 Å². The van der Waals surface area contributed by atoms with Crippen molar-refractivity contribution in [3.63, 3.8) is 0 Å². The third kappa shape index (κ3) is 1.62. The van der Waals surface area contributed by atoms with Gasteiger partial charge < -0.3 is 10.8 Å². The van der Waals surface area contributed by atoms with Crippen LogP contribution in [0.1, 0.15) is 38.5 Å². The Hall–Kier alpha value is -0.0800. The van der Waals surface area contributed by atoms with E-state index in [0.29, 0.717) is 0 Å². The minimum atomic E-state index is 0.268. The molecule has 4 rings (SSSR count). The third-order valence-electron chi connectivity index (χ3n) is 5.26. The molecular formula is C13H23NO. The van der Waals surface area contributed by atoms with Crippen LogP contribution >= 0.6 is 0 Å². The quantitative estimate of drug-likeness (QED) is 0.744. The number of hydrogen-bond acceptors (Lipinski definition) is 2. The van der Waals surface area contributed by atoms with Crippen molar-refractivity contribution in [2.75, 3.05) is 6.61 Å². The first-order valence-electron chi connectivity index (χ1n) is 6.64. The van der Waals surface area contributed by atoms with Gasteiger partial charge >= 0.3 is 0 Å². The number of aliphatic hydroxyl groups is 1. The maximum atomic E-state index is 9.01. The van der Waals surface area contributed by atoms with Crippen molar-refractivity contribution in [1.82, 2.24) is 0 Å². The van der Waals surface area contributed by atoms with Crippen molar-refractivity contribution in [3.05, 3.63) is 0 Å². The van der Waals surface area contributed by atoms with Crippen LogP contribution in [0, 0.1) is 29.6 Å². The van der Waals surface area contributed by atoms with Gasteiger partial charge in [0.2, 0.25) is 0 Å². The van der Waals surface area contributed by atoms with Crippen LogP contribution in [0.3, 0.4) is 0 Å². The Balaban J connectivity index is 1.74. The Labute approximate surface area is 92.2 Å². The first-order chi connectivity index (χ1) is 7.28. The molecule has 0 saturated heterocycles. The highest BCUT2D eigenvalue weighted by atomic mass is 16.3. The predicted molar refractivity (Wildman–Crippen MR) is 60.2 cm³/mol. The molecule has 0 aromatic rings. The summed E-state index contributed by atoms with van der Waals surface area (Å²) in [5.41, 5.74) is 6.25. The lowest BCUT2D eigenvalue weighted by atomic mass is 9.50. The highest BCUT2D eigenvalue weighted by Gasteiger charge is 2.49. The lowest BCUT2D eigenvalue weighted by molar-refractivity contribution is -0.0489. The van der Waals surface area contributed by atoms with E-state index in [0.717, 1.165) is 36.0 Å². The maximum Gasteiger partial charge on any atom is 0.0445 e. The average molecular weight is 209 g/mol. The van der Waals surface area contributed by atoms with Crippen LogP contribution in [0.5, 0.6) is 0 Å². The van der Waals surface area contributed by atoms with E-state index in [1.54, 1.807) is 0 Å². The van der Waals surface area contributed by atoms with Gasteiger partial charge in [-0.15, -0.1) is 0 Å². The van der Waals surface area contributed by atoms with Crippen molar-refractivity contribution in [1.29, 1.82) is 0 Å². The third-order valence-corrected chi connectivity index (χ3v) is 5.26. The molecule has 0 aromatic heterocycles. The van der Waals surface area contributed by atoms with Gasteiger partial charge in [-0.3, -0.25) is 0 Å². The average Bonchev–Trinajstić information content (AvgIpc) is 2.15. The zero-order valence-corrected chi connectivity index (χ0v) is 9.44. The minimum Gasteiger partial charge on any atom is -0.396 e. The van der Waals surface area contributed by atoms with Crippen LogP contribution in [0.15, 0.2) is 0 Å². The molecule has 2 heteroatoms. The molecule has 4 aliphatic carbocycles. The Morgan fingerprint density at radius 2 is 1.53 bits per heavy atom. The van der Waals surface area contributed by atoms with E-state index in [-0.39, 0.29) is 12.6 Å². The summed E-state index contributed by atoms with van der Waals surface area (Å²) >= 11 is 0. The zero-order valence-electron chi connectivity index (χ0n) is 9.44. The highest BCUT2D eigenvalue weighted by molar-refractivity contribution is 5.00. The molecule has 0 aromatic carbocycles. The fourth-order valence-electron chi connectivity index (χ4n) is 5.01. The van der Waals surface area contributed by atoms with E-state index < -0.39 is 0 Å². The van der Waals surface area contributed by atoms with Crippen LogP contribution < -0.4 is 5.73 Å². The van der Waals surface area contributed by atoms with Gasteiger partial charge in [0.15, 0.2) is 0 Å². The van der Waals surface area contributed by atoms with Gasteiger partial charge in [-0.05, 0) is 68.1 Å². The van der Waals surface area contributed by atoms with Gasteiger partial charge in [0, 0.05) is 12.6 Å². The Morgan fingerprint density at radius 3 is 2.00 bits per heavy atom. The maximum absolute atomic E-state index is 9.01. The number of aliphatic hydroxyl groups excluding tert-OH is 1. The van der Waals surface area contributed by atoms with E-state index >= 15 is 0 Å². The smallest absolute Gasteiger partial charge is 0.0445 e. The Kier molecular flexibility index (Phi) is 2.52. The summed E-state index contributed by atoms with van der Waals surface area (Å²) in [6, 6.07) is 0.269. The fourth-order valence-corrected chi connectivity index (χ4v) is 5.01. The number of hydrogen-bond donors (Lipinski definition) is 2. The SMILES string of the molecule is NC(CCO)C1C2CC3CC(C2)CC1C3. The van der Waals surface area contributed by atoms with Crippen LogP contribution in [-0.2, 0) is 0 Å². The summed E-state index contributed by atoms with van der Waals surface area (Å²) in [5.74, 6) is 4.62. The van der Waals surface area contributed by atoms with E-state index in [9.17, 15) is 0 Å². The molecule has 0 aliphatic heterocycles. The molecule has 0 heterocycles. The van der Waals surface area contributed by atoms with Crippen LogP contribution in [-0.4, -0.2) is 17.8 Å². The van der Waals surface area contributed by atoms with Gasteiger partial charge in [0.05, 0.1) is 0 Å². The van der Waals surface area contributed by atoms with Gasteiger partial charge in [-0.1, -0.05) is 0 Å². The lowest BCUT2D eigenvalue weighted by Crippen LogP contribution is -2.51. The molecule has 4 bridgehead atoms. The van der Waals surface area contributed by atoms with Crippen molar-refractivity contribution < 1.29 is 5.11 Å². The minimum absolute atomic E-state index is 0.268. The largest absolute Gasteiger partial charge is 0.396 e. The van der Waals surface area contributed by atoms with E-state index in [1.807, 2.05) is 0 Å². The summed E-state index contributed by atoms with van der Waals surface area (Å²) in [4.78, 5) is 0. The molecule has 0 radical (unpaired) electrons. The first-order valence-corrected chi connectivity index (χ1v) is 6.64. The summed E-state index contributed by atoms with van der Waals surface area (Å²) in [7, 11) is 0. The molecular weight excluding hydrogens is 186 g/mol. The van der Waals surface area contributed by atoms with E-state index in [1.165, 1.54) is 32.1 Å². The van der Waals surface area contributed by atoms with Gasteiger partial charge in [-0.25, -0.2) is 0 Å². The van der Waals surface area contributed by atoms with E-state index in [2.05, 4.69) is 0 Å². The van der Waals surface area contributed by atoms with Crippen molar-refractivity contribution in [2.24, 2.45) is 35.3 Å². The van der Waals surface area contributed by atoms with Gasteiger partial charge in [0.1, 0.15) is 0 Å². The van der Waals surface area contributed by atoms with Crippen molar-refractivity contribution >= 4 is 0 Å². The zero-order chi connectivity index (χ0) is 10.4. The molecule has 1 unspecified atom stereocenters. The summed E-state index contributed by atoms with van der Waals surface area (Å²) in [5, 5.41) is 9.01. The molecule has 0 amide bonds. The molecule has 3 N–H and O–H groups in total. The molecule has 4 aliphatic rings. The fraction of sp³-hybridized carbons (Fsp3) is 1.00. The monoisotopic (exact) mass is 209 g/mol. The van der Waals surface area contributed by atoms with Crippen LogP contribution in [0.4, 0.5) is 0 Å². The summed E-state index contributed by atoms with van der Waals surface area (Å²) in [6.45, 7) is 0.268. The first kappa shape index (κ1) is 10.1. The normalized spacial score (nSPS) is 49.6. The molecule has 4 saturated carbocycles. The molecule has 2 nitrogen and oxygen atoms in total. The number of rotatable bonds is 3. The standard InChI is InChI=1S/C13H23NO/c14-12(1-2-15)13-10-4-8-3-9(6-10)7-11(13)5-8/h8-13,15H,1-7,14H2. The molecule has 1 atom stereocenters. The topological polar surface area (TPSA) is 46.2 Å². The predicted octanol–water partition coefficient (Wildman–Crippen LogP) is 1.77.